The van der Waals surface area contributed by atoms with Crippen molar-refractivity contribution in [1.82, 2.24) is 10.3 Å². The van der Waals surface area contributed by atoms with E-state index < -0.39 is 0 Å². The Hall–Kier alpha value is -1.28. The van der Waals surface area contributed by atoms with E-state index in [1.165, 1.54) is 16.5 Å². The van der Waals surface area contributed by atoms with Gasteiger partial charge < -0.3 is 10.3 Å². The molecule has 1 aromatic heterocycles. The van der Waals surface area contributed by atoms with E-state index in [0.717, 1.165) is 13.1 Å². The standard InChI is InChI=1S/C16H24N2/c1-12(16(2,3)4)10-17-11-13-5-6-14-7-8-18-15(14)9-13/h5-9,12,17-18H,10-11H2,1-4H3. The van der Waals surface area contributed by atoms with Gasteiger partial charge in [-0.25, -0.2) is 0 Å². The Balaban J connectivity index is 1.90. The fraction of sp³-hybridized carbons (Fsp3) is 0.500. The summed E-state index contributed by atoms with van der Waals surface area (Å²) in [6.45, 7) is 11.2. The van der Waals surface area contributed by atoms with Gasteiger partial charge in [0.15, 0.2) is 0 Å². The lowest BCUT2D eigenvalue weighted by molar-refractivity contribution is 0.252. The number of nitrogens with one attached hydrogen (secondary N) is 2. The molecule has 1 atom stereocenters. The monoisotopic (exact) mass is 244 g/mol. The third-order valence-corrected chi connectivity index (χ3v) is 3.88. The van der Waals surface area contributed by atoms with Gasteiger partial charge in [0.25, 0.3) is 0 Å². The van der Waals surface area contributed by atoms with Crippen LogP contribution in [-0.2, 0) is 6.54 Å². The van der Waals surface area contributed by atoms with Crippen LogP contribution in [0.15, 0.2) is 30.5 Å². The summed E-state index contributed by atoms with van der Waals surface area (Å²) in [5.74, 6) is 0.673. The molecule has 1 unspecified atom stereocenters. The molecule has 0 saturated heterocycles. The van der Waals surface area contributed by atoms with Gasteiger partial charge in [0, 0.05) is 18.3 Å². The maximum atomic E-state index is 3.55. The number of hydrogen-bond donors (Lipinski definition) is 2. The van der Waals surface area contributed by atoms with Gasteiger partial charge in [0.2, 0.25) is 0 Å². The first-order valence-corrected chi connectivity index (χ1v) is 6.73. The third-order valence-electron chi connectivity index (χ3n) is 3.88. The highest BCUT2D eigenvalue weighted by Crippen LogP contribution is 2.24. The zero-order chi connectivity index (χ0) is 13.2. The van der Waals surface area contributed by atoms with Crippen LogP contribution in [0, 0.1) is 11.3 Å². The van der Waals surface area contributed by atoms with Gasteiger partial charge in [-0.2, -0.15) is 0 Å². The summed E-state index contributed by atoms with van der Waals surface area (Å²) in [6, 6.07) is 8.71. The van der Waals surface area contributed by atoms with E-state index in [1.807, 2.05) is 6.20 Å². The van der Waals surface area contributed by atoms with E-state index in [9.17, 15) is 0 Å². The molecule has 1 heterocycles. The van der Waals surface area contributed by atoms with E-state index >= 15 is 0 Å². The summed E-state index contributed by atoms with van der Waals surface area (Å²) >= 11 is 0. The number of benzene rings is 1. The van der Waals surface area contributed by atoms with Crippen LogP contribution in [0.25, 0.3) is 10.9 Å². The van der Waals surface area contributed by atoms with E-state index in [4.69, 9.17) is 0 Å². The van der Waals surface area contributed by atoms with Crippen LogP contribution in [-0.4, -0.2) is 11.5 Å². The molecule has 18 heavy (non-hydrogen) atoms. The smallest absolute Gasteiger partial charge is 0.0457 e. The van der Waals surface area contributed by atoms with Crippen molar-refractivity contribution in [3.05, 3.63) is 36.0 Å². The van der Waals surface area contributed by atoms with Crippen molar-refractivity contribution in [3.63, 3.8) is 0 Å². The van der Waals surface area contributed by atoms with E-state index in [1.54, 1.807) is 0 Å². The number of aromatic nitrogens is 1. The van der Waals surface area contributed by atoms with E-state index in [0.29, 0.717) is 11.3 Å². The van der Waals surface area contributed by atoms with Gasteiger partial charge in [-0.3, -0.25) is 0 Å². The molecule has 2 rings (SSSR count). The lowest BCUT2D eigenvalue weighted by Gasteiger charge is -2.27. The number of hydrogen-bond acceptors (Lipinski definition) is 1. The molecule has 0 aliphatic carbocycles. The quantitative estimate of drug-likeness (QED) is 0.837. The number of fused-ring (bicyclic) bond motifs is 1. The zero-order valence-corrected chi connectivity index (χ0v) is 11.9. The minimum atomic E-state index is 0.371. The van der Waals surface area contributed by atoms with Crippen LogP contribution < -0.4 is 5.32 Å². The molecule has 2 aromatic rings. The first-order chi connectivity index (χ1) is 8.47. The Morgan fingerprint density at radius 1 is 1.22 bits per heavy atom. The summed E-state index contributed by atoms with van der Waals surface area (Å²) < 4.78 is 0. The van der Waals surface area contributed by atoms with Crippen molar-refractivity contribution in [1.29, 1.82) is 0 Å². The van der Waals surface area contributed by atoms with E-state index in [-0.39, 0.29) is 0 Å². The molecule has 0 spiro atoms. The number of aromatic amines is 1. The molecule has 1 aromatic carbocycles. The lowest BCUT2D eigenvalue weighted by atomic mass is 9.82. The van der Waals surface area contributed by atoms with Crippen molar-refractivity contribution < 1.29 is 0 Å². The Morgan fingerprint density at radius 3 is 2.72 bits per heavy atom. The summed E-state index contributed by atoms with van der Waals surface area (Å²) in [6.07, 6.45) is 1.99. The maximum absolute atomic E-state index is 3.55. The number of rotatable bonds is 4. The lowest BCUT2D eigenvalue weighted by Crippen LogP contribution is -2.29. The van der Waals surface area contributed by atoms with Crippen molar-refractivity contribution >= 4 is 10.9 Å². The maximum Gasteiger partial charge on any atom is 0.0457 e. The van der Waals surface area contributed by atoms with Crippen LogP contribution in [0.4, 0.5) is 0 Å². The van der Waals surface area contributed by atoms with Gasteiger partial charge in [-0.15, -0.1) is 0 Å². The molecule has 2 heteroatoms. The summed E-state index contributed by atoms with van der Waals surface area (Å²) in [7, 11) is 0. The minimum absolute atomic E-state index is 0.371. The average molecular weight is 244 g/mol. The first kappa shape index (κ1) is 13.2. The molecule has 0 saturated carbocycles. The third kappa shape index (κ3) is 3.14. The second-order valence-corrected chi connectivity index (χ2v) is 6.30. The molecule has 0 aliphatic rings. The van der Waals surface area contributed by atoms with Crippen LogP contribution in [0.5, 0.6) is 0 Å². The molecule has 2 nitrogen and oxygen atoms in total. The first-order valence-electron chi connectivity index (χ1n) is 6.73. The largest absolute Gasteiger partial charge is 0.361 e. The van der Waals surface area contributed by atoms with Crippen molar-refractivity contribution in [2.75, 3.05) is 6.54 Å². The summed E-state index contributed by atoms with van der Waals surface area (Å²) in [5.41, 5.74) is 2.93. The normalized spacial score (nSPS) is 14.0. The van der Waals surface area contributed by atoms with Crippen LogP contribution in [0.1, 0.15) is 33.3 Å². The Labute approximate surface area is 110 Å². The van der Waals surface area contributed by atoms with Crippen LogP contribution in [0.2, 0.25) is 0 Å². The molecule has 0 fully saturated rings. The highest BCUT2D eigenvalue weighted by atomic mass is 14.9. The molecule has 0 aliphatic heterocycles. The predicted molar refractivity (Wildman–Crippen MR) is 78.6 cm³/mol. The van der Waals surface area contributed by atoms with Gasteiger partial charge in [0.1, 0.15) is 0 Å². The molecule has 0 amide bonds. The van der Waals surface area contributed by atoms with Crippen molar-refractivity contribution in [2.24, 2.45) is 11.3 Å². The van der Waals surface area contributed by atoms with Gasteiger partial charge in [-0.1, -0.05) is 39.8 Å². The molecule has 0 bridgehead atoms. The van der Waals surface area contributed by atoms with E-state index in [2.05, 4.69) is 62.3 Å². The minimum Gasteiger partial charge on any atom is -0.361 e. The van der Waals surface area contributed by atoms with Gasteiger partial charge >= 0.3 is 0 Å². The molecular weight excluding hydrogens is 220 g/mol. The highest BCUT2D eigenvalue weighted by Gasteiger charge is 2.19. The fourth-order valence-corrected chi connectivity index (χ4v) is 1.94. The van der Waals surface area contributed by atoms with Gasteiger partial charge in [-0.05, 0) is 41.0 Å². The summed E-state index contributed by atoms with van der Waals surface area (Å²) in [5, 5.41) is 4.83. The molecule has 0 radical (unpaired) electrons. The average Bonchev–Trinajstić information content (AvgIpc) is 2.74. The second kappa shape index (κ2) is 5.15. The van der Waals surface area contributed by atoms with Gasteiger partial charge in [0.05, 0.1) is 0 Å². The molecule has 2 N–H and O–H groups in total. The Bertz CT molecular complexity index is 505. The number of H-pyrrole nitrogens is 1. The zero-order valence-electron chi connectivity index (χ0n) is 11.9. The second-order valence-electron chi connectivity index (χ2n) is 6.30. The Kier molecular flexibility index (Phi) is 3.76. The molecule has 98 valence electrons. The fourth-order valence-electron chi connectivity index (χ4n) is 1.94. The highest BCUT2D eigenvalue weighted by molar-refractivity contribution is 5.79. The SMILES string of the molecule is CC(CNCc1ccc2cc[nH]c2c1)C(C)(C)C. The Morgan fingerprint density at radius 2 is 2.00 bits per heavy atom. The molecular formula is C16H24N2. The predicted octanol–water partition coefficient (Wildman–Crippen LogP) is 3.94. The van der Waals surface area contributed by atoms with Crippen LogP contribution in [0.3, 0.4) is 0 Å². The van der Waals surface area contributed by atoms with Crippen molar-refractivity contribution in [3.8, 4) is 0 Å². The van der Waals surface area contributed by atoms with Crippen molar-refractivity contribution in [2.45, 2.75) is 34.2 Å². The summed E-state index contributed by atoms with van der Waals surface area (Å²) in [4.78, 5) is 3.26. The topological polar surface area (TPSA) is 27.8 Å². The van der Waals surface area contributed by atoms with Crippen LogP contribution >= 0.6 is 0 Å².